The molecule has 1 aliphatic rings. The SMILES string of the molecule is COC(=O)c1ccc(-c2cccc(C(=O)NC[C@@]3(C)CCCO3)c2)c(CO)c1. The highest BCUT2D eigenvalue weighted by atomic mass is 16.5. The molecule has 6 heteroatoms. The van der Waals surface area contributed by atoms with E-state index >= 15 is 0 Å². The van der Waals surface area contributed by atoms with Gasteiger partial charge in [0.15, 0.2) is 0 Å². The van der Waals surface area contributed by atoms with Crippen LogP contribution < -0.4 is 5.32 Å². The Labute approximate surface area is 164 Å². The molecule has 2 N–H and O–H groups in total. The monoisotopic (exact) mass is 383 g/mol. The number of benzene rings is 2. The Morgan fingerprint density at radius 3 is 2.71 bits per heavy atom. The van der Waals surface area contributed by atoms with E-state index < -0.39 is 5.97 Å². The first kappa shape index (κ1) is 20.0. The second kappa shape index (κ2) is 8.54. The zero-order valence-corrected chi connectivity index (χ0v) is 16.2. The van der Waals surface area contributed by atoms with Crippen LogP contribution in [0.1, 0.15) is 46.0 Å². The van der Waals surface area contributed by atoms with Gasteiger partial charge in [0, 0.05) is 18.7 Å². The van der Waals surface area contributed by atoms with Crippen molar-refractivity contribution in [2.75, 3.05) is 20.3 Å². The molecule has 0 saturated carbocycles. The van der Waals surface area contributed by atoms with E-state index in [1.807, 2.05) is 13.0 Å². The highest BCUT2D eigenvalue weighted by Gasteiger charge is 2.30. The van der Waals surface area contributed by atoms with Gasteiger partial charge in [0.2, 0.25) is 0 Å². The molecule has 2 aromatic carbocycles. The third-order valence-corrected chi connectivity index (χ3v) is 5.06. The summed E-state index contributed by atoms with van der Waals surface area (Å²) in [7, 11) is 1.31. The van der Waals surface area contributed by atoms with Crippen molar-refractivity contribution in [3.63, 3.8) is 0 Å². The summed E-state index contributed by atoms with van der Waals surface area (Å²) in [5.74, 6) is -0.632. The molecule has 0 unspecified atom stereocenters. The van der Waals surface area contributed by atoms with Gasteiger partial charge in [-0.05, 0) is 60.7 Å². The molecular formula is C22H25NO5. The quantitative estimate of drug-likeness (QED) is 0.749. The van der Waals surface area contributed by atoms with Crippen LogP contribution in [0.2, 0.25) is 0 Å². The number of amides is 1. The Hall–Kier alpha value is -2.70. The summed E-state index contributed by atoms with van der Waals surface area (Å²) in [6.45, 7) is 2.97. The lowest BCUT2D eigenvalue weighted by molar-refractivity contribution is 0.0206. The van der Waals surface area contributed by atoms with E-state index in [1.54, 1.807) is 36.4 Å². The normalized spacial score (nSPS) is 18.7. The topological polar surface area (TPSA) is 84.9 Å². The highest BCUT2D eigenvalue weighted by molar-refractivity contribution is 5.96. The second-order valence-corrected chi connectivity index (χ2v) is 7.19. The first-order chi connectivity index (χ1) is 13.5. The minimum atomic E-state index is -0.461. The molecule has 6 nitrogen and oxygen atoms in total. The number of esters is 1. The third-order valence-electron chi connectivity index (χ3n) is 5.06. The Kier molecular flexibility index (Phi) is 6.11. The number of carbonyl (C=O) groups is 2. The van der Waals surface area contributed by atoms with Gasteiger partial charge in [-0.2, -0.15) is 0 Å². The van der Waals surface area contributed by atoms with Crippen LogP contribution in [-0.4, -0.2) is 42.8 Å². The number of aliphatic hydroxyl groups is 1. The molecule has 0 spiro atoms. The molecule has 1 fully saturated rings. The average Bonchev–Trinajstić information content (AvgIpc) is 3.17. The maximum atomic E-state index is 12.6. The Morgan fingerprint density at radius 2 is 2.04 bits per heavy atom. The summed E-state index contributed by atoms with van der Waals surface area (Å²) >= 11 is 0. The van der Waals surface area contributed by atoms with Gasteiger partial charge in [-0.1, -0.05) is 18.2 Å². The fourth-order valence-corrected chi connectivity index (χ4v) is 3.42. The number of nitrogens with one attached hydrogen (secondary N) is 1. The number of ether oxygens (including phenoxy) is 2. The summed E-state index contributed by atoms with van der Waals surface area (Å²) in [5.41, 5.74) is 2.73. The second-order valence-electron chi connectivity index (χ2n) is 7.19. The maximum Gasteiger partial charge on any atom is 0.337 e. The van der Waals surface area contributed by atoms with Crippen molar-refractivity contribution in [3.8, 4) is 11.1 Å². The number of rotatable bonds is 6. The molecular weight excluding hydrogens is 358 g/mol. The molecule has 148 valence electrons. The van der Waals surface area contributed by atoms with E-state index in [0.717, 1.165) is 30.6 Å². The smallest absolute Gasteiger partial charge is 0.337 e. The molecule has 0 radical (unpaired) electrons. The highest BCUT2D eigenvalue weighted by Crippen LogP contribution is 2.27. The van der Waals surface area contributed by atoms with E-state index in [1.165, 1.54) is 7.11 Å². The summed E-state index contributed by atoms with van der Waals surface area (Å²) in [6.07, 6.45) is 1.94. The maximum absolute atomic E-state index is 12.6. The lowest BCUT2D eigenvalue weighted by Gasteiger charge is -2.23. The first-order valence-electron chi connectivity index (χ1n) is 9.30. The van der Waals surface area contributed by atoms with Crippen molar-refractivity contribution in [2.24, 2.45) is 0 Å². The Balaban J connectivity index is 1.80. The molecule has 1 heterocycles. The zero-order valence-electron chi connectivity index (χ0n) is 16.2. The molecule has 0 bridgehead atoms. The van der Waals surface area contributed by atoms with Crippen LogP contribution in [0.5, 0.6) is 0 Å². The molecule has 1 saturated heterocycles. The number of carbonyl (C=O) groups excluding carboxylic acids is 2. The van der Waals surface area contributed by atoms with Crippen LogP contribution >= 0.6 is 0 Å². The number of aliphatic hydroxyl groups excluding tert-OH is 1. The van der Waals surface area contributed by atoms with Crippen molar-refractivity contribution >= 4 is 11.9 Å². The van der Waals surface area contributed by atoms with E-state index in [9.17, 15) is 14.7 Å². The standard InChI is InChI=1S/C22H25NO5/c1-22(9-4-10-28-22)14-23-20(25)16-6-3-5-15(11-16)19-8-7-17(21(26)27-2)12-18(19)13-24/h3,5-8,11-12,24H,4,9-10,13-14H2,1-2H3,(H,23,25)/t22-/m1/s1. The first-order valence-corrected chi connectivity index (χ1v) is 9.30. The van der Waals surface area contributed by atoms with Crippen LogP contribution in [0.4, 0.5) is 0 Å². The van der Waals surface area contributed by atoms with Crippen molar-refractivity contribution < 1.29 is 24.2 Å². The van der Waals surface area contributed by atoms with E-state index in [0.29, 0.717) is 23.2 Å². The van der Waals surface area contributed by atoms with Gasteiger partial charge in [0.25, 0.3) is 5.91 Å². The van der Waals surface area contributed by atoms with Gasteiger partial charge in [-0.15, -0.1) is 0 Å². The lowest BCUT2D eigenvalue weighted by Crippen LogP contribution is -2.40. The molecule has 2 aromatic rings. The lowest BCUT2D eigenvalue weighted by atomic mass is 9.96. The summed E-state index contributed by atoms with van der Waals surface area (Å²) in [6, 6.07) is 12.2. The molecule has 0 aliphatic carbocycles. The van der Waals surface area contributed by atoms with Crippen molar-refractivity contribution in [1.29, 1.82) is 0 Å². The summed E-state index contributed by atoms with van der Waals surface area (Å²) in [4.78, 5) is 24.3. The van der Waals surface area contributed by atoms with Crippen LogP contribution in [0.25, 0.3) is 11.1 Å². The number of hydrogen-bond acceptors (Lipinski definition) is 5. The fraction of sp³-hybridized carbons (Fsp3) is 0.364. The Morgan fingerprint density at radius 1 is 1.21 bits per heavy atom. The minimum Gasteiger partial charge on any atom is -0.465 e. The van der Waals surface area contributed by atoms with Crippen LogP contribution in [0.3, 0.4) is 0 Å². The summed E-state index contributed by atoms with van der Waals surface area (Å²) < 4.78 is 10.4. The van der Waals surface area contributed by atoms with Gasteiger partial charge < -0.3 is 19.9 Å². The average molecular weight is 383 g/mol. The molecule has 1 amide bonds. The molecule has 1 aliphatic heterocycles. The number of hydrogen-bond donors (Lipinski definition) is 2. The van der Waals surface area contributed by atoms with E-state index in [2.05, 4.69) is 5.32 Å². The van der Waals surface area contributed by atoms with Gasteiger partial charge in [-0.3, -0.25) is 4.79 Å². The van der Waals surface area contributed by atoms with Crippen molar-refractivity contribution in [2.45, 2.75) is 32.0 Å². The Bertz CT molecular complexity index is 871. The largest absolute Gasteiger partial charge is 0.465 e. The fourth-order valence-electron chi connectivity index (χ4n) is 3.42. The zero-order chi connectivity index (χ0) is 20.1. The van der Waals surface area contributed by atoms with E-state index in [4.69, 9.17) is 9.47 Å². The molecule has 1 atom stereocenters. The molecule has 0 aromatic heterocycles. The molecule has 28 heavy (non-hydrogen) atoms. The van der Waals surface area contributed by atoms with Crippen LogP contribution in [0.15, 0.2) is 42.5 Å². The third kappa shape index (κ3) is 4.40. The predicted octanol–water partition coefficient (Wildman–Crippen LogP) is 2.93. The van der Waals surface area contributed by atoms with Crippen LogP contribution in [-0.2, 0) is 16.1 Å². The van der Waals surface area contributed by atoms with Crippen molar-refractivity contribution in [1.82, 2.24) is 5.32 Å². The van der Waals surface area contributed by atoms with Gasteiger partial charge in [0.05, 0.1) is 24.9 Å². The van der Waals surface area contributed by atoms with Gasteiger partial charge in [0.1, 0.15) is 0 Å². The molecule has 3 rings (SSSR count). The van der Waals surface area contributed by atoms with Gasteiger partial charge in [-0.25, -0.2) is 4.79 Å². The van der Waals surface area contributed by atoms with Crippen molar-refractivity contribution in [3.05, 3.63) is 59.2 Å². The van der Waals surface area contributed by atoms with Crippen LogP contribution in [0, 0.1) is 0 Å². The van der Waals surface area contributed by atoms with Gasteiger partial charge >= 0.3 is 5.97 Å². The predicted molar refractivity (Wildman–Crippen MR) is 105 cm³/mol. The van der Waals surface area contributed by atoms with E-state index in [-0.39, 0.29) is 18.1 Å². The minimum absolute atomic E-state index is 0.171. The number of methoxy groups -OCH3 is 1. The summed E-state index contributed by atoms with van der Waals surface area (Å²) in [5, 5.41) is 12.7.